The number of carbonyl (C=O) groups is 1. The molecular formula is C24H24F2N2O3. The van der Waals surface area contributed by atoms with Crippen LogP contribution in [-0.4, -0.2) is 27.2 Å². The van der Waals surface area contributed by atoms with Crippen LogP contribution in [0.15, 0.2) is 36.4 Å². The number of aromatic hydroxyl groups is 1. The highest BCUT2D eigenvalue weighted by Gasteiger charge is 2.54. The van der Waals surface area contributed by atoms with E-state index in [0.717, 1.165) is 17.7 Å². The Morgan fingerprint density at radius 3 is 2.39 bits per heavy atom. The van der Waals surface area contributed by atoms with E-state index in [0.29, 0.717) is 40.7 Å². The molecular weight excluding hydrogens is 402 g/mol. The van der Waals surface area contributed by atoms with E-state index in [-0.39, 0.29) is 17.7 Å². The molecule has 1 saturated carbocycles. The number of benzene rings is 2. The number of halogens is 2. The Bertz CT molecular complexity index is 1190. The Morgan fingerprint density at radius 1 is 1.10 bits per heavy atom. The van der Waals surface area contributed by atoms with E-state index >= 15 is 0 Å². The van der Waals surface area contributed by atoms with Gasteiger partial charge in [-0.1, -0.05) is 19.9 Å². The first-order chi connectivity index (χ1) is 14.6. The number of rotatable bonds is 6. The largest absolute Gasteiger partial charge is 0.508 e. The zero-order valence-electron chi connectivity index (χ0n) is 17.5. The van der Waals surface area contributed by atoms with E-state index in [4.69, 9.17) is 4.98 Å². The zero-order valence-corrected chi connectivity index (χ0v) is 17.5. The van der Waals surface area contributed by atoms with Crippen molar-refractivity contribution in [3.63, 3.8) is 0 Å². The minimum Gasteiger partial charge on any atom is -0.508 e. The minimum absolute atomic E-state index is 0.0248. The second-order valence-corrected chi connectivity index (χ2v) is 8.56. The minimum atomic E-state index is -0.957. The van der Waals surface area contributed by atoms with Crippen LogP contribution in [0, 0.1) is 17.0 Å². The van der Waals surface area contributed by atoms with Crippen LogP contribution in [0.2, 0.25) is 0 Å². The Morgan fingerprint density at radius 2 is 1.81 bits per heavy atom. The molecule has 1 unspecified atom stereocenters. The van der Waals surface area contributed by atoms with Crippen LogP contribution in [-0.2, 0) is 4.79 Å². The van der Waals surface area contributed by atoms with Gasteiger partial charge in [-0.15, -0.1) is 0 Å². The van der Waals surface area contributed by atoms with Crippen molar-refractivity contribution in [2.24, 2.45) is 5.41 Å². The maximum Gasteiger partial charge on any atom is 0.311 e. The Labute approximate surface area is 178 Å². The van der Waals surface area contributed by atoms with Gasteiger partial charge in [-0.2, -0.15) is 0 Å². The van der Waals surface area contributed by atoms with E-state index in [2.05, 4.69) is 5.32 Å². The molecule has 2 aromatic carbocycles. The number of anilines is 1. The van der Waals surface area contributed by atoms with Gasteiger partial charge in [0.15, 0.2) is 11.6 Å². The molecule has 0 saturated heterocycles. The first kappa shape index (κ1) is 21.0. The van der Waals surface area contributed by atoms with Crippen LogP contribution in [0.4, 0.5) is 14.6 Å². The second-order valence-electron chi connectivity index (χ2n) is 8.56. The third-order valence-electron chi connectivity index (χ3n) is 6.19. The van der Waals surface area contributed by atoms with Crippen molar-refractivity contribution < 1.29 is 23.8 Å². The number of aliphatic carboxylic acids is 1. The van der Waals surface area contributed by atoms with Crippen LogP contribution in [0.3, 0.4) is 0 Å². The normalized spacial score (nSPS) is 15.8. The highest BCUT2D eigenvalue weighted by atomic mass is 19.2. The number of pyridine rings is 1. The standard InChI is InChI=1S/C24H24F2N2O3/c1-12(2)20-21(14-4-7-17(25)18(26)10-14)16-6-5-15(29)11-19(16)28-22(20)27-13(3)24(8-9-24)23(30)31/h4-7,10-13,29H,8-9H2,1-3H3,(H,27,28)(H,30,31). The smallest absolute Gasteiger partial charge is 0.311 e. The molecule has 0 bridgehead atoms. The Balaban J connectivity index is 1.97. The summed E-state index contributed by atoms with van der Waals surface area (Å²) in [4.78, 5) is 16.5. The number of nitrogens with one attached hydrogen (secondary N) is 1. The third-order valence-corrected chi connectivity index (χ3v) is 6.19. The Hall–Kier alpha value is -3.22. The maximum atomic E-state index is 14.1. The Kier molecular flexibility index (Phi) is 5.07. The fourth-order valence-corrected chi connectivity index (χ4v) is 4.21. The van der Waals surface area contributed by atoms with Crippen molar-refractivity contribution in [2.75, 3.05) is 5.32 Å². The molecule has 5 nitrogen and oxygen atoms in total. The number of aromatic nitrogens is 1. The van der Waals surface area contributed by atoms with Crippen molar-refractivity contribution in [1.29, 1.82) is 0 Å². The van der Waals surface area contributed by atoms with Crippen LogP contribution >= 0.6 is 0 Å². The SMILES string of the molecule is CC(C)c1c(NC(C)C2(C(=O)O)CC2)nc2cc(O)ccc2c1-c1ccc(F)c(F)c1. The van der Waals surface area contributed by atoms with Gasteiger partial charge >= 0.3 is 5.97 Å². The topological polar surface area (TPSA) is 82.5 Å². The molecule has 3 aromatic rings. The number of carboxylic acids is 1. The fourth-order valence-electron chi connectivity index (χ4n) is 4.21. The molecule has 0 spiro atoms. The summed E-state index contributed by atoms with van der Waals surface area (Å²) >= 11 is 0. The number of phenols is 1. The molecule has 0 radical (unpaired) electrons. The summed E-state index contributed by atoms with van der Waals surface area (Å²) in [5.41, 5.74) is 1.56. The summed E-state index contributed by atoms with van der Waals surface area (Å²) in [6, 6.07) is 8.09. The first-order valence-electron chi connectivity index (χ1n) is 10.3. The zero-order chi connectivity index (χ0) is 22.5. The number of hydrogen-bond acceptors (Lipinski definition) is 4. The summed E-state index contributed by atoms with van der Waals surface area (Å²) in [5.74, 6) is -2.29. The van der Waals surface area contributed by atoms with E-state index in [9.17, 15) is 23.8 Å². The number of fused-ring (bicyclic) bond motifs is 1. The van der Waals surface area contributed by atoms with Crippen molar-refractivity contribution in [1.82, 2.24) is 4.98 Å². The molecule has 1 aliphatic carbocycles. The van der Waals surface area contributed by atoms with E-state index in [1.54, 1.807) is 6.07 Å². The van der Waals surface area contributed by atoms with Crippen molar-refractivity contribution in [3.8, 4) is 16.9 Å². The highest BCUT2D eigenvalue weighted by Crippen LogP contribution is 2.50. The first-order valence-corrected chi connectivity index (χ1v) is 10.3. The number of nitrogens with zero attached hydrogens (tertiary/aromatic N) is 1. The molecule has 31 heavy (non-hydrogen) atoms. The molecule has 162 valence electrons. The van der Waals surface area contributed by atoms with Gasteiger partial charge in [-0.25, -0.2) is 13.8 Å². The molecule has 1 aliphatic rings. The summed E-state index contributed by atoms with van der Waals surface area (Å²) in [7, 11) is 0. The van der Waals surface area contributed by atoms with Crippen LogP contribution in [0.1, 0.15) is 45.1 Å². The van der Waals surface area contributed by atoms with Crippen molar-refractivity contribution in [3.05, 3.63) is 53.6 Å². The van der Waals surface area contributed by atoms with Crippen LogP contribution in [0.5, 0.6) is 5.75 Å². The average Bonchev–Trinajstić information content (AvgIpc) is 3.51. The van der Waals surface area contributed by atoms with Gasteiger partial charge in [0.1, 0.15) is 11.6 Å². The highest BCUT2D eigenvalue weighted by molar-refractivity contribution is 5.99. The number of phenolic OH excluding ortho intramolecular Hbond substituents is 1. The lowest BCUT2D eigenvalue weighted by atomic mass is 9.89. The van der Waals surface area contributed by atoms with Gasteiger partial charge in [-0.3, -0.25) is 4.79 Å². The van der Waals surface area contributed by atoms with Gasteiger partial charge in [0.25, 0.3) is 0 Å². The van der Waals surface area contributed by atoms with Gasteiger partial charge in [0.05, 0.1) is 10.9 Å². The molecule has 4 rings (SSSR count). The van der Waals surface area contributed by atoms with Crippen LogP contribution in [0.25, 0.3) is 22.0 Å². The predicted octanol–water partition coefficient (Wildman–Crippen LogP) is 5.67. The van der Waals surface area contributed by atoms with Gasteiger partial charge in [0, 0.05) is 23.1 Å². The summed E-state index contributed by atoms with van der Waals surface area (Å²) in [6.07, 6.45) is 1.16. The van der Waals surface area contributed by atoms with Crippen LogP contribution < -0.4 is 5.32 Å². The molecule has 1 heterocycles. The summed E-state index contributed by atoms with van der Waals surface area (Å²) in [5, 5.41) is 23.6. The van der Waals surface area contributed by atoms with Crippen molar-refractivity contribution >= 4 is 22.7 Å². The molecule has 1 aromatic heterocycles. The average molecular weight is 426 g/mol. The fraction of sp³-hybridized carbons (Fsp3) is 0.333. The van der Waals surface area contributed by atoms with Gasteiger partial charge in [-0.05, 0) is 61.1 Å². The third kappa shape index (κ3) is 3.58. The number of carboxylic acid groups (broad SMARTS) is 1. The molecule has 1 atom stereocenters. The lowest BCUT2D eigenvalue weighted by Gasteiger charge is -2.26. The molecule has 3 N–H and O–H groups in total. The second kappa shape index (κ2) is 7.48. The van der Waals surface area contributed by atoms with Gasteiger partial charge < -0.3 is 15.5 Å². The van der Waals surface area contributed by atoms with E-state index < -0.39 is 23.0 Å². The lowest BCUT2D eigenvalue weighted by Crippen LogP contribution is -2.34. The molecule has 7 heteroatoms. The summed E-state index contributed by atoms with van der Waals surface area (Å²) in [6.45, 7) is 5.75. The van der Waals surface area contributed by atoms with Gasteiger partial charge in [0.2, 0.25) is 0 Å². The lowest BCUT2D eigenvalue weighted by molar-refractivity contribution is -0.143. The quantitative estimate of drug-likeness (QED) is 0.473. The van der Waals surface area contributed by atoms with E-state index in [1.807, 2.05) is 20.8 Å². The van der Waals surface area contributed by atoms with Crippen molar-refractivity contribution in [2.45, 2.75) is 45.6 Å². The summed E-state index contributed by atoms with van der Waals surface area (Å²) < 4.78 is 27.7. The molecule has 1 fully saturated rings. The molecule has 0 amide bonds. The predicted molar refractivity (Wildman–Crippen MR) is 115 cm³/mol. The number of hydrogen-bond donors (Lipinski definition) is 3. The van der Waals surface area contributed by atoms with E-state index in [1.165, 1.54) is 18.2 Å². The monoisotopic (exact) mass is 426 g/mol. The maximum absolute atomic E-state index is 14.1. The molecule has 0 aliphatic heterocycles.